The fraction of sp³-hybridized carbons (Fsp3) is 0.143. The first-order chi connectivity index (χ1) is 40.5. The Kier molecular flexibility index (Phi) is 8.40. The number of aromatic nitrogens is 4. The fourth-order valence-corrected chi connectivity index (χ4v) is 11.3. The van der Waals surface area contributed by atoms with Crippen LogP contribution < -0.4 is 9.30 Å². The number of nitrogens with zero attached hydrogens (tertiary/aromatic N) is 4. The zero-order valence-corrected chi connectivity index (χ0v) is 42.8. The molecule has 9 aromatic carbocycles. The molecule has 1 aliphatic carbocycles. The Morgan fingerprint density at radius 1 is 0.520 bits per heavy atom. The Morgan fingerprint density at radius 3 is 1.84 bits per heavy atom. The fourth-order valence-electron chi connectivity index (χ4n) is 11.3. The maximum atomic E-state index is 9.56. The SMILES string of the molecule is [2H]c1c([2H])c([2H])c(-c2cc(-c3ccc4c(c3)C(C)(C)c3ccccc3C4(C)C)cc(-c3c([2H])c([2H])c([2H])c([2H])c3[2H])c2-[n+]2[c-]n(-c3cccc(Oc4ccc5c6ccccc6n(-c6cc(C(C)(C)C)ccn6)c5c4)c3)c3ccccc32)c([2H])c1[2H]. The van der Waals surface area contributed by atoms with Gasteiger partial charge in [-0.2, -0.15) is 0 Å². The maximum Gasteiger partial charge on any atom is 0.269 e. The Morgan fingerprint density at radius 2 is 1.13 bits per heavy atom. The van der Waals surface area contributed by atoms with E-state index < -0.39 is 65.8 Å². The lowest BCUT2D eigenvalue weighted by molar-refractivity contribution is -0.571. The second kappa shape index (κ2) is 17.4. The molecule has 0 saturated carbocycles. The Balaban J connectivity index is 1.03. The van der Waals surface area contributed by atoms with Crippen molar-refractivity contribution >= 4 is 32.8 Å². The van der Waals surface area contributed by atoms with Gasteiger partial charge in [0.05, 0.1) is 47.1 Å². The van der Waals surface area contributed by atoms with E-state index in [2.05, 4.69) is 120 Å². The number of para-hydroxylation sites is 3. The van der Waals surface area contributed by atoms with Crippen LogP contribution in [-0.4, -0.2) is 14.1 Å². The second-order valence-corrected chi connectivity index (χ2v) is 21.5. The summed E-state index contributed by atoms with van der Waals surface area (Å²) < 4.78 is 104. The minimum atomic E-state index is -0.578. The highest BCUT2D eigenvalue weighted by atomic mass is 16.5. The summed E-state index contributed by atoms with van der Waals surface area (Å²) >= 11 is 0. The quantitative estimate of drug-likeness (QED) is 0.112. The normalized spacial score (nSPS) is 15.6. The summed E-state index contributed by atoms with van der Waals surface area (Å²) in [5.41, 5.74) is 9.92. The molecule has 0 radical (unpaired) electrons. The number of hydrogen-bond acceptors (Lipinski definition) is 2. The molecule has 0 bridgehead atoms. The molecule has 0 N–H and O–H groups in total. The van der Waals surface area contributed by atoms with Crippen LogP contribution in [0, 0.1) is 6.33 Å². The molecule has 75 heavy (non-hydrogen) atoms. The van der Waals surface area contributed by atoms with E-state index in [9.17, 15) is 5.48 Å². The number of fused-ring (bicyclic) bond motifs is 6. The standard InChI is InChI=1S/C70H58N4O/c1-68(2,3)50-37-38-71-66(42-50)74-62-30-17-14-27-54(62)55-35-34-53(44-65(55)74)75-52-26-20-25-51(43-52)72-45-73(64-32-19-18-31-63(64)72)67-56(46-21-10-8-11-22-46)39-49(40-57(67)47-23-12-9-13-24-47)48-33-36-60-61(41-48)70(6,7)59-29-16-15-28-58(59)69(60,4)5/h8-44H,1-7H3/i8D,9D,10D,11D,12D,13D,21D,22D,23D,24D. The zero-order chi connectivity index (χ0) is 59.9. The second-order valence-electron chi connectivity index (χ2n) is 21.5. The number of rotatable bonds is 8. The highest BCUT2D eigenvalue weighted by molar-refractivity contribution is 6.09. The largest absolute Gasteiger partial charge is 0.458 e. The molecule has 0 saturated heterocycles. The van der Waals surface area contributed by atoms with Crippen LogP contribution in [0.3, 0.4) is 0 Å². The van der Waals surface area contributed by atoms with Crippen molar-refractivity contribution in [3.63, 3.8) is 0 Å². The molecule has 12 aromatic rings. The molecule has 0 spiro atoms. The molecule has 0 atom stereocenters. The van der Waals surface area contributed by atoms with Crippen molar-refractivity contribution in [1.82, 2.24) is 14.1 Å². The van der Waals surface area contributed by atoms with E-state index in [0.29, 0.717) is 39.3 Å². The van der Waals surface area contributed by atoms with Crippen LogP contribution in [-0.2, 0) is 16.2 Å². The molecule has 0 aliphatic heterocycles. The lowest BCUT2D eigenvalue weighted by Crippen LogP contribution is -2.36. The van der Waals surface area contributed by atoms with E-state index in [0.717, 1.165) is 44.3 Å². The highest BCUT2D eigenvalue weighted by Gasteiger charge is 2.41. The van der Waals surface area contributed by atoms with E-state index in [1.807, 2.05) is 95.7 Å². The summed E-state index contributed by atoms with van der Waals surface area (Å²) in [6, 6.07) is 46.4. The third-order valence-corrected chi connectivity index (χ3v) is 15.2. The van der Waals surface area contributed by atoms with Gasteiger partial charge in [-0.05, 0) is 133 Å². The van der Waals surface area contributed by atoms with E-state index in [4.69, 9.17) is 17.9 Å². The van der Waals surface area contributed by atoms with Crippen molar-refractivity contribution in [2.45, 2.75) is 64.7 Å². The van der Waals surface area contributed by atoms with Gasteiger partial charge in [0.25, 0.3) is 6.33 Å². The van der Waals surface area contributed by atoms with E-state index in [1.54, 1.807) is 16.7 Å². The molecule has 0 amide bonds. The average molecular weight is 981 g/mol. The van der Waals surface area contributed by atoms with Crippen molar-refractivity contribution in [3.05, 3.63) is 258 Å². The Bertz CT molecular complexity index is 4670. The van der Waals surface area contributed by atoms with Gasteiger partial charge < -0.3 is 4.74 Å². The van der Waals surface area contributed by atoms with Crippen molar-refractivity contribution < 1.29 is 23.0 Å². The molecule has 3 heterocycles. The van der Waals surface area contributed by atoms with Gasteiger partial charge in [-0.1, -0.05) is 194 Å². The van der Waals surface area contributed by atoms with Crippen molar-refractivity contribution in [3.8, 4) is 62.1 Å². The van der Waals surface area contributed by atoms with Gasteiger partial charge >= 0.3 is 0 Å². The van der Waals surface area contributed by atoms with Crippen molar-refractivity contribution in [2.24, 2.45) is 0 Å². The monoisotopic (exact) mass is 981 g/mol. The van der Waals surface area contributed by atoms with Crippen molar-refractivity contribution in [1.29, 1.82) is 0 Å². The summed E-state index contributed by atoms with van der Waals surface area (Å²) in [5.74, 6) is 1.88. The van der Waals surface area contributed by atoms with Gasteiger partial charge in [0, 0.05) is 33.9 Å². The van der Waals surface area contributed by atoms with Gasteiger partial charge in [-0.15, -0.1) is 0 Å². The van der Waals surface area contributed by atoms with E-state index in [1.165, 1.54) is 11.1 Å². The Hall–Kier alpha value is -8.80. The van der Waals surface area contributed by atoms with Gasteiger partial charge in [0.1, 0.15) is 17.3 Å². The molecule has 0 fully saturated rings. The smallest absolute Gasteiger partial charge is 0.269 e. The Labute approximate surface area is 453 Å². The first-order valence-corrected chi connectivity index (χ1v) is 25.3. The van der Waals surface area contributed by atoms with Crippen LogP contribution in [0.15, 0.2) is 224 Å². The molecule has 5 nitrogen and oxygen atoms in total. The van der Waals surface area contributed by atoms with Gasteiger partial charge in [-0.3, -0.25) is 13.7 Å². The summed E-state index contributed by atoms with van der Waals surface area (Å²) in [6.45, 7) is 15.4. The lowest BCUT2D eigenvalue weighted by Gasteiger charge is -2.44. The molecular weight excluding hydrogens is 913 g/mol. The van der Waals surface area contributed by atoms with Crippen LogP contribution in [0.2, 0.25) is 0 Å². The van der Waals surface area contributed by atoms with Gasteiger partial charge in [-0.25, -0.2) is 4.98 Å². The number of imidazole rings is 1. The minimum absolute atomic E-state index is 0.103. The number of pyridine rings is 1. The molecule has 13 rings (SSSR count). The van der Waals surface area contributed by atoms with Crippen LogP contribution in [0.5, 0.6) is 11.5 Å². The highest BCUT2D eigenvalue weighted by Crippen LogP contribution is 2.51. The van der Waals surface area contributed by atoms with Crippen molar-refractivity contribution in [2.75, 3.05) is 0 Å². The molecular formula is C70H58N4O. The van der Waals surface area contributed by atoms with E-state index >= 15 is 0 Å². The summed E-state index contributed by atoms with van der Waals surface area (Å²) in [7, 11) is 0. The number of hydrogen-bond donors (Lipinski definition) is 0. The van der Waals surface area contributed by atoms with Crippen LogP contribution in [0.25, 0.3) is 83.4 Å². The number of benzene rings is 9. The minimum Gasteiger partial charge on any atom is -0.458 e. The maximum absolute atomic E-state index is 9.56. The lowest BCUT2D eigenvalue weighted by atomic mass is 9.60. The summed E-state index contributed by atoms with van der Waals surface area (Å²) in [5, 5.41) is 2.12. The molecule has 3 aromatic heterocycles. The first-order valence-electron chi connectivity index (χ1n) is 30.3. The molecule has 0 unspecified atom stereocenters. The van der Waals surface area contributed by atoms with Crippen LogP contribution >= 0.6 is 0 Å². The van der Waals surface area contributed by atoms with Gasteiger partial charge in [0.15, 0.2) is 0 Å². The third kappa shape index (κ3) is 7.68. The first kappa shape index (κ1) is 36.2. The molecule has 5 heteroatoms. The molecule has 364 valence electrons. The van der Waals surface area contributed by atoms with Crippen LogP contribution in [0.4, 0.5) is 0 Å². The predicted molar refractivity (Wildman–Crippen MR) is 308 cm³/mol. The zero-order valence-electron chi connectivity index (χ0n) is 52.8. The van der Waals surface area contributed by atoms with Crippen LogP contribution in [0.1, 0.15) is 90.0 Å². The molecule has 1 aliphatic rings. The van der Waals surface area contributed by atoms with E-state index in [-0.39, 0.29) is 38.8 Å². The van der Waals surface area contributed by atoms with Gasteiger partial charge in [0.2, 0.25) is 0 Å². The average Bonchev–Trinajstić information content (AvgIpc) is 1.00. The topological polar surface area (TPSA) is 35.9 Å². The summed E-state index contributed by atoms with van der Waals surface area (Å²) in [6.07, 6.45) is 5.42. The third-order valence-electron chi connectivity index (χ3n) is 15.2. The predicted octanol–water partition coefficient (Wildman–Crippen LogP) is 17.3. The summed E-state index contributed by atoms with van der Waals surface area (Å²) in [4.78, 5) is 4.86. The number of ether oxygens (including phenoxy) is 1.